The molecule has 112 valence electrons. The molecule has 0 bridgehead atoms. The predicted molar refractivity (Wildman–Crippen MR) is 81.6 cm³/mol. The zero-order valence-electron chi connectivity index (χ0n) is 12.6. The monoisotopic (exact) mass is 279 g/mol. The molecule has 5 nitrogen and oxygen atoms in total. The van der Waals surface area contributed by atoms with E-state index in [0.717, 1.165) is 25.1 Å². The number of hydrogen-bond acceptors (Lipinski definition) is 5. The molecule has 0 spiro atoms. The van der Waals surface area contributed by atoms with Crippen LogP contribution in [0.3, 0.4) is 0 Å². The molecule has 1 aliphatic heterocycles. The van der Waals surface area contributed by atoms with Gasteiger partial charge in [-0.2, -0.15) is 0 Å². The number of anilines is 2. The van der Waals surface area contributed by atoms with E-state index in [0.29, 0.717) is 19.0 Å². The number of carbonyl (C=O) groups excluding carboxylic acids is 1. The maximum atomic E-state index is 11.7. The van der Waals surface area contributed by atoms with Gasteiger partial charge in [0.25, 0.3) is 0 Å². The number of nitrogens with zero attached hydrogens (tertiary/aromatic N) is 2. The minimum atomic E-state index is -0.0920. The van der Waals surface area contributed by atoms with Crippen molar-refractivity contribution >= 4 is 17.5 Å². The summed E-state index contributed by atoms with van der Waals surface area (Å²) in [6.45, 7) is 7.92. The molecule has 0 saturated carbocycles. The van der Waals surface area contributed by atoms with Gasteiger partial charge in [-0.05, 0) is 31.9 Å². The topological polar surface area (TPSA) is 68.5 Å². The summed E-state index contributed by atoms with van der Waals surface area (Å²) in [5.41, 5.74) is 6.58. The van der Waals surface area contributed by atoms with Crippen LogP contribution in [0, 0.1) is 5.92 Å². The van der Waals surface area contributed by atoms with Gasteiger partial charge in [0.1, 0.15) is 5.82 Å². The van der Waals surface area contributed by atoms with E-state index in [1.807, 2.05) is 26.8 Å². The van der Waals surface area contributed by atoms with E-state index in [-0.39, 0.29) is 11.9 Å². The number of pyridine rings is 1. The average Bonchev–Trinajstić information content (AvgIpc) is 2.50. The van der Waals surface area contributed by atoms with Crippen LogP contribution in [0.5, 0.6) is 0 Å². The predicted octanol–water partition coefficient (Wildman–Crippen LogP) is 2.47. The highest BCUT2D eigenvalue weighted by atomic mass is 16.5. The van der Waals surface area contributed by atoms with E-state index in [1.165, 1.54) is 0 Å². The van der Waals surface area contributed by atoms with Crippen molar-refractivity contribution in [3.8, 4) is 0 Å². The molecule has 2 heterocycles. The number of rotatable bonds is 3. The Balaban J connectivity index is 0.000000956. The standard InChI is InChI=1S/C13H19N3O2.C2H6/c1-2-18-13(17)10-4-3-7-16(9-10)11-5-6-12(14)15-8-11;1-2/h5-6,8,10H,2-4,7,9H2,1H3,(H2,14,15);1-2H3. The number of ether oxygens (including phenoxy) is 1. The largest absolute Gasteiger partial charge is 0.466 e. The zero-order chi connectivity index (χ0) is 15.0. The Kier molecular flexibility index (Phi) is 6.84. The second-order valence-electron chi connectivity index (χ2n) is 4.48. The highest BCUT2D eigenvalue weighted by Gasteiger charge is 2.26. The van der Waals surface area contributed by atoms with Gasteiger partial charge in [-0.3, -0.25) is 4.79 Å². The molecule has 0 radical (unpaired) electrons. The number of nitrogen functional groups attached to an aromatic ring is 1. The number of carbonyl (C=O) groups is 1. The lowest BCUT2D eigenvalue weighted by atomic mass is 9.98. The second-order valence-corrected chi connectivity index (χ2v) is 4.48. The van der Waals surface area contributed by atoms with Crippen LogP contribution in [0.25, 0.3) is 0 Å². The van der Waals surface area contributed by atoms with E-state index < -0.39 is 0 Å². The van der Waals surface area contributed by atoms with Gasteiger partial charge in [-0.15, -0.1) is 0 Å². The molecule has 2 rings (SSSR count). The van der Waals surface area contributed by atoms with Crippen LogP contribution < -0.4 is 10.6 Å². The summed E-state index contributed by atoms with van der Waals surface area (Å²) >= 11 is 0. The average molecular weight is 279 g/mol. The lowest BCUT2D eigenvalue weighted by molar-refractivity contribution is -0.148. The molecule has 0 aliphatic carbocycles. The van der Waals surface area contributed by atoms with Crippen LogP contribution >= 0.6 is 0 Å². The number of aromatic nitrogens is 1. The molecule has 1 aromatic heterocycles. The van der Waals surface area contributed by atoms with E-state index in [4.69, 9.17) is 10.5 Å². The van der Waals surface area contributed by atoms with Crippen LogP contribution in [0.4, 0.5) is 11.5 Å². The van der Waals surface area contributed by atoms with Crippen LogP contribution in [0.2, 0.25) is 0 Å². The fraction of sp³-hybridized carbons (Fsp3) is 0.600. The van der Waals surface area contributed by atoms with E-state index in [2.05, 4.69) is 9.88 Å². The summed E-state index contributed by atoms with van der Waals surface area (Å²) in [4.78, 5) is 18.0. The first-order valence-corrected chi connectivity index (χ1v) is 7.34. The molecule has 1 saturated heterocycles. The van der Waals surface area contributed by atoms with Gasteiger partial charge in [-0.1, -0.05) is 13.8 Å². The highest BCUT2D eigenvalue weighted by molar-refractivity contribution is 5.73. The number of hydrogen-bond donors (Lipinski definition) is 1. The van der Waals surface area contributed by atoms with Gasteiger partial charge >= 0.3 is 5.97 Å². The maximum Gasteiger partial charge on any atom is 0.310 e. The molecule has 1 fully saturated rings. The number of esters is 1. The van der Waals surface area contributed by atoms with E-state index >= 15 is 0 Å². The van der Waals surface area contributed by atoms with Gasteiger partial charge in [0.2, 0.25) is 0 Å². The van der Waals surface area contributed by atoms with Crippen molar-refractivity contribution in [2.24, 2.45) is 5.92 Å². The summed E-state index contributed by atoms with van der Waals surface area (Å²) in [7, 11) is 0. The Morgan fingerprint density at radius 3 is 2.85 bits per heavy atom. The first-order chi connectivity index (χ1) is 9.70. The van der Waals surface area contributed by atoms with Crippen molar-refractivity contribution < 1.29 is 9.53 Å². The Bertz CT molecular complexity index is 406. The maximum absolute atomic E-state index is 11.7. The highest BCUT2D eigenvalue weighted by Crippen LogP contribution is 2.23. The molecule has 0 amide bonds. The zero-order valence-corrected chi connectivity index (χ0v) is 12.6. The van der Waals surface area contributed by atoms with Crippen molar-refractivity contribution in [1.82, 2.24) is 4.98 Å². The van der Waals surface area contributed by atoms with Gasteiger partial charge < -0.3 is 15.4 Å². The van der Waals surface area contributed by atoms with Crippen molar-refractivity contribution in [3.05, 3.63) is 18.3 Å². The molecular weight excluding hydrogens is 254 g/mol. The van der Waals surface area contributed by atoms with Crippen LogP contribution in [-0.2, 0) is 9.53 Å². The van der Waals surface area contributed by atoms with Crippen LogP contribution in [-0.4, -0.2) is 30.6 Å². The van der Waals surface area contributed by atoms with E-state index in [9.17, 15) is 4.79 Å². The third-order valence-electron chi connectivity index (χ3n) is 3.18. The van der Waals surface area contributed by atoms with Crippen molar-refractivity contribution in [2.45, 2.75) is 33.6 Å². The summed E-state index contributed by atoms with van der Waals surface area (Å²) in [6, 6.07) is 3.72. The van der Waals surface area contributed by atoms with Gasteiger partial charge in [-0.25, -0.2) is 4.98 Å². The number of nitrogens with two attached hydrogens (primary N) is 1. The summed E-state index contributed by atoms with van der Waals surface area (Å²) in [5, 5.41) is 0. The Morgan fingerprint density at radius 2 is 2.25 bits per heavy atom. The smallest absolute Gasteiger partial charge is 0.310 e. The fourth-order valence-corrected chi connectivity index (χ4v) is 2.25. The minimum Gasteiger partial charge on any atom is -0.466 e. The molecule has 5 heteroatoms. The Morgan fingerprint density at radius 1 is 1.50 bits per heavy atom. The second kappa shape index (κ2) is 8.40. The van der Waals surface area contributed by atoms with Crippen LogP contribution in [0.1, 0.15) is 33.6 Å². The van der Waals surface area contributed by atoms with Crippen LogP contribution in [0.15, 0.2) is 18.3 Å². The molecule has 1 aromatic rings. The van der Waals surface area contributed by atoms with E-state index in [1.54, 1.807) is 12.3 Å². The third-order valence-corrected chi connectivity index (χ3v) is 3.18. The quantitative estimate of drug-likeness (QED) is 0.861. The summed E-state index contributed by atoms with van der Waals surface area (Å²) in [6.07, 6.45) is 3.65. The molecule has 2 N–H and O–H groups in total. The first kappa shape index (κ1) is 16.3. The Hall–Kier alpha value is -1.78. The fourth-order valence-electron chi connectivity index (χ4n) is 2.25. The Labute approximate surface area is 121 Å². The molecular formula is C15H25N3O2. The van der Waals surface area contributed by atoms with Gasteiger partial charge in [0.15, 0.2) is 0 Å². The normalized spacial score (nSPS) is 17.9. The van der Waals surface area contributed by atoms with Crippen molar-refractivity contribution in [2.75, 3.05) is 30.3 Å². The molecule has 1 atom stereocenters. The third kappa shape index (κ3) is 4.40. The van der Waals surface area contributed by atoms with Gasteiger partial charge in [0.05, 0.1) is 24.4 Å². The molecule has 1 unspecified atom stereocenters. The summed E-state index contributed by atoms with van der Waals surface area (Å²) in [5.74, 6) is 0.388. The lowest BCUT2D eigenvalue weighted by Gasteiger charge is -2.33. The van der Waals surface area contributed by atoms with Gasteiger partial charge in [0, 0.05) is 13.1 Å². The minimum absolute atomic E-state index is 0.0312. The summed E-state index contributed by atoms with van der Waals surface area (Å²) < 4.78 is 5.08. The lowest BCUT2D eigenvalue weighted by Crippen LogP contribution is -2.39. The molecule has 0 aromatic carbocycles. The molecule has 20 heavy (non-hydrogen) atoms. The number of piperidine rings is 1. The van der Waals surface area contributed by atoms with Crippen molar-refractivity contribution in [1.29, 1.82) is 0 Å². The molecule has 1 aliphatic rings. The van der Waals surface area contributed by atoms with Crippen molar-refractivity contribution in [3.63, 3.8) is 0 Å². The SMILES string of the molecule is CC.CCOC(=O)C1CCCN(c2ccc(N)nc2)C1. The first-order valence-electron chi connectivity index (χ1n) is 7.34.